The Labute approximate surface area is 416 Å². The summed E-state index contributed by atoms with van der Waals surface area (Å²) < 4.78 is 16.8. The van der Waals surface area contributed by atoms with E-state index in [1.165, 1.54) is 199 Å². The van der Waals surface area contributed by atoms with E-state index >= 15 is 0 Å². The molecule has 0 aliphatic carbocycles. The molecule has 392 valence electrons. The van der Waals surface area contributed by atoms with E-state index in [0.29, 0.717) is 19.3 Å². The van der Waals surface area contributed by atoms with Gasteiger partial charge < -0.3 is 14.2 Å². The molecule has 6 heteroatoms. The van der Waals surface area contributed by atoms with Crippen molar-refractivity contribution in [2.75, 3.05) is 13.2 Å². The fourth-order valence-corrected chi connectivity index (χ4v) is 8.69. The zero-order valence-corrected chi connectivity index (χ0v) is 44.9. The van der Waals surface area contributed by atoms with Gasteiger partial charge in [0.1, 0.15) is 13.2 Å². The Kier molecular flexibility index (Phi) is 54.2. The minimum Gasteiger partial charge on any atom is -0.462 e. The summed E-state index contributed by atoms with van der Waals surface area (Å²) in [7, 11) is 0. The maximum atomic E-state index is 12.8. The molecular formula is C61H112O6. The van der Waals surface area contributed by atoms with E-state index in [-0.39, 0.29) is 31.1 Å². The molecule has 0 aromatic heterocycles. The van der Waals surface area contributed by atoms with Gasteiger partial charge in [0, 0.05) is 19.3 Å². The fraction of sp³-hybridized carbons (Fsp3) is 0.852. The van der Waals surface area contributed by atoms with E-state index < -0.39 is 6.10 Å². The smallest absolute Gasteiger partial charge is 0.306 e. The molecule has 0 aliphatic rings. The number of hydrogen-bond donors (Lipinski definition) is 0. The average Bonchev–Trinajstić information content (AvgIpc) is 3.33. The molecule has 6 nitrogen and oxygen atoms in total. The van der Waals surface area contributed by atoms with Gasteiger partial charge in [0.2, 0.25) is 0 Å². The van der Waals surface area contributed by atoms with Crippen LogP contribution in [-0.2, 0) is 28.6 Å². The van der Waals surface area contributed by atoms with E-state index in [1.807, 2.05) is 0 Å². The predicted molar refractivity (Wildman–Crippen MR) is 289 cm³/mol. The summed E-state index contributed by atoms with van der Waals surface area (Å²) >= 11 is 0. The molecule has 0 N–H and O–H groups in total. The highest BCUT2D eigenvalue weighted by Crippen LogP contribution is 2.17. The van der Waals surface area contributed by atoms with E-state index in [9.17, 15) is 14.4 Å². The van der Waals surface area contributed by atoms with Crippen LogP contribution in [0.15, 0.2) is 36.5 Å². The molecule has 67 heavy (non-hydrogen) atoms. The summed E-state index contributed by atoms with van der Waals surface area (Å²) in [5, 5.41) is 0. The Morgan fingerprint density at radius 3 is 0.866 bits per heavy atom. The number of carbonyl (C=O) groups excluding carboxylic acids is 3. The van der Waals surface area contributed by atoms with Crippen LogP contribution in [0.2, 0.25) is 0 Å². The van der Waals surface area contributed by atoms with E-state index in [4.69, 9.17) is 14.2 Å². The van der Waals surface area contributed by atoms with Crippen molar-refractivity contribution < 1.29 is 28.6 Å². The molecule has 0 bridgehead atoms. The second kappa shape index (κ2) is 56.2. The Morgan fingerprint density at radius 2 is 0.537 bits per heavy atom. The molecule has 0 aliphatic heterocycles. The van der Waals surface area contributed by atoms with Crippen molar-refractivity contribution in [3.63, 3.8) is 0 Å². The van der Waals surface area contributed by atoms with Crippen LogP contribution in [0.1, 0.15) is 316 Å². The average molecular weight is 942 g/mol. The maximum absolute atomic E-state index is 12.8. The quantitative estimate of drug-likeness (QED) is 0.0262. The van der Waals surface area contributed by atoms with Crippen molar-refractivity contribution in [3.05, 3.63) is 36.5 Å². The summed E-state index contributed by atoms with van der Waals surface area (Å²) in [4.78, 5) is 38.1. The van der Waals surface area contributed by atoms with Gasteiger partial charge in [0.15, 0.2) is 6.10 Å². The van der Waals surface area contributed by atoms with Crippen LogP contribution in [0.4, 0.5) is 0 Å². The van der Waals surface area contributed by atoms with Gasteiger partial charge in [-0.05, 0) is 57.8 Å². The molecule has 0 aromatic carbocycles. The van der Waals surface area contributed by atoms with Gasteiger partial charge in [-0.15, -0.1) is 0 Å². The first-order valence-corrected chi connectivity index (χ1v) is 29.5. The monoisotopic (exact) mass is 941 g/mol. The fourth-order valence-electron chi connectivity index (χ4n) is 8.69. The Hall–Kier alpha value is -2.37. The minimum absolute atomic E-state index is 0.0730. The van der Waals surface area contributed by atoms with Crippen LogP contribution in [0, 0.1) is 0 Å². The van der Waals surface area contributed by atoms with Gasteiger partial charge in [0.05, 0.1) is 0 Å². The summed E-state index contributed by atoms with van der Waals surface area (Å²) in [6.07, 6.45) is 67.2. The van der Waals surface area contributed by atoms with Gasteiger partial charge in [-0.2, -0.15) is 0 Å². The summed E-state index contributed by atoms with van der Waals surface area (Å²) in [6, 6.07) is 0. The maximum Gasteiger partial charge on any atom is 0.306 e. The van der Waals surface area contributed by atoms with Crippen LogP contribution in [-0.4, -0.2) is 37.2 Å². The lowest BCUT2D eigenvalue weighted by atomic mass is 10.0. The largest absolute Gasteiger partial charge is 0.462 e. The number of ether oxygens (including phenoxy) is 3. The molecule has 0 aromatic rings. The molecule has 0 radical (unpaired) electrons. The first-order chi connectivity index (χ1) is 33.0. The highest BCUT2D eigenvalue weighted by molar-refractivity contribution is 5.71. The van der Waals surface area contributed by atoms with Crippen LogP contribution in [0.3, 0.4) is 0 Å². The Balaban J connectivity index is 4.24. The number of carbonyl (C=O) groups is 3. The van der Waals surface area contributed by atoms with Crippen LogP contribution < -0.4 is 0 Å². The SMILES string of the molecule is CCCCC/C=C\C/C=C\C/C=C\CCCCCCCCC(=O)OC(COC(=O)CCCCCCCCCCC)COC(=O)CCCCCCCCCCCCCCCCCCCCCCC. The van der Waals surface area contributed by atoms with Gasteiger partial charge in [0.25, 0.3) is 0 Å². The van der Waals surface area contributed by atoms with Crippen LogP contribution in [0.25, 0.3) is 0 Å². The van der Waals surface area contributed by atoms with Crippen molar-refractivity contribution >= 4 is 17.9 Å². The lowest BCUT2D eigenvalue weighted by molar-refractivity contribution is -0.167. The molecule has 0 heterocycles. The van der Waals surface area contributed by atoms with E-state index in [0.717, 1.165) is 77.0 Å². The molecule has 1 unspecified atom stereocenters. The number of rotatable bonds is 54. The molecular weight excluding hydrogens is 829 g/mol. The predicted octanol–water partition coefficient (Wildman–Crippen LogP) is 19.7. The van der Waals surface area contributed by atoms with E-state index in [1.54, 1.807) is 0 Å². The first kappa shape index (κ1) is 64.6. The zero-order chi connectivity index (χ0) is 48.6. The topological polar surface area (TPSA) is 78.9 Å². The van der Waals surface area contributed by atoms with Gasteiger partial charge >= 0.3 is 17.9 Å². The summed E-state index contributed by atoms with van der Waals surface area (Å²) in [5.74, 6) is -0.870. The third-order valence-electron chi connectivity index (χ3n) is 13.1. The second-order valence-corrected chi connectivity index (χ2v) is 19.9. The highest BCUT2D eigenvalue weighted by atomic mass is 16.6. The number of allylic oxidation sites excluding steroid dienone is 6. The third kappa shape index (κ3) is 54.4. The first-order valence-electron chi connectivity index (χ1n) is 29.5. The van der Waals surface area contributed by atoms with Gasteiger partial charge in [-0.25, -0.2) is 0 Å². The van der Waals surface area contributed by atoms with Crippen molar-refractivity contribution in [2.24, 2.45) is 0 Å². The zero-order valence-electron chi connectivity index (χ0n) is 44.9. The minimum atomic E-state index is -0.774. The van der Waals surface area contributed by atoms with Crippen molar-refractivity contribution in [3.8, 4) is 0 Å². The lowest BCUT2D eigenvalue weighted by Gasteiger charge is -2.18. The Bertz CT molecular complexity index is 1130. The molecule has 0 amide bonds. The standard InChI is InChI=1S/C61H112O6/c1-4-7-10-13-16-19-21-23-25-27-29-30-32-33-35-37-39-42-45-48-51-54-60(63)66-57-58(56-65-59(62)53-50-47-44-41-18-15-12-9-6-3)67-61(64)55-52-49-46-43-40-38-36-34-31-28-26-24-22-20-17-14-11-8-5-2/h17,20,24,26,31,34,58H,4-16,18-19,21-23,25,27-30,32-33,35-57H2,1-3H3/b20-17-,26-24-,34-31-. The molecule has 0 rings (SSSR count). The van der Waals surface area contributed by atoms with Crippen molar-refractivity contribution in [1.29, 1.82) is 0 Å². The number of hydrogen-bond acceptors (Lipinski definition) is 6. The molecule has 0 spiro atoms. The lowest BCUT2D eigenvalue weighted by Crippen LogP contribution is -2.30. The Morgan fingerprint density at radius 1 is 0.299 bits per heavy atom. The molecule has 1 atom stereocenters. The van der Waals surface area contributed by atoms with Crippen molar-refractivity contribution in [2.45, 2.75) is 322 Å². The second-order valence-electron chi connectivity index (χ2n) is 19.9. The summed E-state index contributed by atoms with van der Waals surface area (Å²) in [5.41, 5.74) is 0. The summed E-state index contributed by atoms with van der Waals surface area (Å²) in [6.45, 7) is 6.63. The molecule has 0 fully saturated rings. The molecule has 0 saturated carbocycles. The number of esters is 3. The van der Waals surface area contributed by atoms with Crippen molar-refractivity contribution in [1.82, 2.24) is 0 Å². The van der Waals surface area contributed by atoms with E-state index in [2.05, 4.69) is 57.2 Å². The number of unbranched alkanes of at least 4 members (excludes halogenated alkanes) is 37. The van der Waals surface area contributed by atoms with Gasteiger partial charge in [-0.3, -0.25) is 14.4 Å². The third-order valence-corrected chi connectivity index (χ3v) is 13.1. The van der Waals surface area contributed by atoms with Gasteiger partial charge in [-0.1, -0.05) is 276 Å². The highest BCUT2D eigenvalue weighted by Gasteiger charge is 2.19. The molecule has 0 saturated heterocycles. The normalized spacial score (nSPS) is 12.2. The van der Waals surface area contributed by atoms with Crippen LogP contribution in [0.5, 0.6) is 0 Å². The van der Waals surface area contributed by atoms with Crippen LogP contribution >= 0.6 is 0 Å².